The minimum absolute atomic E-state index is 0.0481. The number of hydrogen-bond acceptors (Lipinski definition) is 7. The van der Waals surface area contributed by atoms with Crippen molar-refractivity contribution in [2.75, 3.05) is 31.7 Å². The van der Waals surface area contributed by atoms with Crippen LogP contribution in [0.5, 0.6) is 0 Å². The van der Waals surface area contributed by atoms with Crippen molar-refractivity contribution in [2.24, 2.45) is 5.16 Å². The van der Waals surface area contributed by atoms with E-state index in [1.807, 2.05) is 0 Å². The number of oxime groups is 1. The van der Waals surface area contributed by atoms with E-state index in [2.05, 4.69) is 19.8 Å². The van der Waals surface area contributed by atoms with Gasteiger partial charge in [-0.05, 0) is 5.56 Å². The summed E-state index contributed by atoms with van der Waals surface area (Å²) in [6, 6.07) is 6.41. The third-order valence-corrected chi connectivity index (χ3v) is 5.33. The van der Waals surface area contributed by atoms with Crippen molar-refractivity contribution in [1.29, 1.82) is 0 Å². The molecule has 1 amide bonds. The van der Waals surface area contributed by atoms with Crippen molar-refractivity contribution in [3.05, 3.63) is 35.7 Å². The smallest absolute Gasteiger partial charge is 0.471 e. The molecule has 168 valence electrons. The maximum Gasteiger partial charge on any atom is 0.471 e. The zero-order valence-corrected chi connectivity index (χ0v) is 17.5. The average Bonchev–Trinajstić information content (AvgIpc) is 3.23. The molecular formula is C19H21F3N4O4S. The van der Waals surface area contributed by atoms with Gasteiger partial charge in [0.15, 0.2) is 6.61 Å². The number of nitrogens with zero attached hydrogens (tertiary/aromatic N) is 4. The van der Waals surface area contributed by atoms with Crippen molar-refractivity contribution in [1.82, 2.24) is 15.0 Å². The van der Waals surface area contributed by atoms with E-state index >= 15 is 0 Å². The lowest BCUT2D eigenvalue weighted by molar-refractivity contribution is -0.159. The molecule has 1 aromatic heterocycles. The van der Waals surface area contributed by atoms with Crippen LogP contribution in [0.3, 0.4) is 0 Å². The average molecular weight is 458 g/mol. The molecule has 1 saturated heterocycles. The molecule has 31 heavy (non-hydrogen) atoms. The van der Waals surface area contributed by atoms with E-state index < -0.39 is 23.2 Å². The SMILES string of the molecule is C[S+]([O-])CCON=C1CCN(C(=O)Cc2ccc(-c3noc(C(F)(F)F)n3)cc2)CC1. The van der Waals surface area contributed by atoms with Crippen LogP contribution >= 0.6 is 0 Å². The van der Waals surface area contributed by atoms with Gasteiger partial charge in [0, 0.05) is 31.5 Å². The largest absolute Gasteiger partial charge is 0.616 e. The van der Waals surface area contributed by atoms with Crippen LogP contribution < -0.4 is 0 Å². The standard InChI is InChI=1S/C19H21F3N4O4S/c1-31(28)11-10-29-24-15-6-8-26(9-7-15)16(27)12-13-2-4-14(5-3-13)17-23-18(30-25-17)19(20,21)22/h2-5H,6-12H2,1H3. The third-order valence-electron chi connectivity index (χ3n) is 4.59. The zero-order valence-electron chi connectivity index (χ0n) is 16.7. The number of likely N-dealkylation sites (tertiary alicyclic amines) is 1. The van der Waals surface area contributed by atoms with Crippen LogP contribution in [0.25, 0.3) is 11.4 Å². The van der Waals surface area contributed by atoms with Gasteiger partial charge in [0.05, 0.1) is 18.4 Å². The molecule has 0 aliphatic carbocycles. The molecule has 1 aliphatic rings. The van der Waals surface area contributed by atoms with E-state index in [1.54, 1.807) is 35.4 Å². The van der Waals surface area contributed by atoms with Crippen LogP contribution in [-0.4, -0.2) is 62.9 Å². The highest BCUT2D eigenvalue weighted by Crippen LogP contribution is 2.29. The van der Waals surface area contributed by atoms with Crippen LogP contribution in [0.4, 0.5) is 13.2 Å². The molecule has 1 unspecified atom stereocenters. The summed E-state index contributed by atoms with van der Waals surface area (Å²) < 4.78 is 52.9. The molecule has 1 atom stereocenters. The van der Waals surface area contributed by atoms with Crippen LogP contribution in [0.1, 0.15) is 24.3 Å². The Hall–Kier alpha value is -2.60. The van der Waals surface area contributed by atoms with E-state index in [-0.39, 0.29) is 18.2 Å². The summed E-state index contributed by atoms with van der Waals surface area (Å²) in [5.74, 6) is -1.19. The van der Waals surface area contributed by atoms with E-state index in [4.69, 9.17) is 4.84 Å². The molecule has 0 saturated carbocycles. The van der Waals surface area contributed by atoms with Gasteiger partial charge in [0.2, 0.25) is 11.7 Å². The lowest BCUT2D eigenvalue weighted by atomic mass is 10.1. The second-order valence-corrected chi connectivity index (χ2v) is 8.50. The molecule has 0 N–H and O–H groups in total. The first-order valence-electron chi connectivity index (χ1n) is 9.48. The molecule has 2 heterocycles. The number of carbonyl (C=O) groups excluding carboxylic acids is 1. The second-order valence-electron chi connectivity index (χ2n) is 6.94. The Morgan fingerprint density at radius 1 is 1.29 bits per heavy atom. The quantitative estimate of drug-likeness (QED) is 0.359. The van der Waals surface area contributed by atoms with E-state index in [9.17, 15) is 22.5 Å². The lowest BCUT2D eigenvalue weighted by Crippen LogP contribution is -2.39. The molecule has 8 nitrogen and oxygen atoms in total. The number of benzene rings is 1. The minimum atomic E-state index is -4.70. The van der Waals surface area contributed by atoms with Gasteiger partial charge in [-0.15, -0.1) is 0 Å². The number of carbonyl (C=O) groups is 1. The molecule has 1 fully saturated rings. The number of halogens is 3. The van der Waals surface area contributed by atoms with Gasteiger partial charge in [-0.3, -0.25) is 4.79 Å². The van der Waals surface area contributed by atoms with Crippen molar-refractivity contribution < 1.29 is 31.9 Å². The molecule has 2 aromatic rings. The maximum atomic E-state index is 12.6. The fourth-order valence-corrected chi connectivity index (χ4v) is 3.22. The highest BCUT2D eigenvalue weighted by molar-refractivity contribution is 7.90. The highest BCUT2D eigenvalue weighted by atomic mass is 32.2. The maximum absolute atomic E-state index is 12.6. The van der Waals surface area contributed by atoms with Gasteiger partial charge in [-0.25, -0.2) is 0 Å². The Labute approximate surface area is 179 Å². The topological polar surface area (TPSA) is 104 Å². The first-order chi connectivity index (χ1) is 14.7. The number of hydrogen-bond donors (Lipinski definition) is 0. The molecule has 3 rings (SSSR count). The van der Waals surface area contributed by atoms with E-state index in [1.165, 1.54) is 0 Å². The Morgan fingerprint density at radius 2 is 1.97 bits per heavy atom. The Kier molecular flexibility index (Phi) is 7.55. The number of aromatic nitrogens is 2. The number of amides is 1. The Bertz CT molecular complexity index is 906. The summed E-state index contributed by atoms with van der Waals surface area (Å²) in [4.78, 5) is 22.8. The van der Waals surface area contributed by atoms with E-state index in [0.717, 1.165) is 11.3 Å². The fraction of sp³-hybridized carbons (Fsp3) is 0.474. The fourth-order valence-electron chi connectivity index (χ4n) is 2.91. The number of alkyl halides is 3. The molecule has 12 heteroatoms. The monoisotopic (exact) mass is 458 g/mol. The van der Waals surface area contributed by atoms with Crippen molar-refractivity contribution in [3.63, 3.8) is 0 Å². The summed E-state index contributed by atoms with van der Waals surface area (Å²) in [5.41, 5.74) is 1.96. The molecule has 0 radical (unpaired) electrons. The molecule has 1 aliphatic heterocycles. The van der Waals surface area contributed by atoms with Crippen LogP contribution in [0.2, 0.25) is 0 Å². The summed E-state index contributed by atoms with van der Waals surface area (Å²) in [7, 11) is 0. The second kappa shape index (κ2) is 10.1. The number of rotatable bonds is 7. The number of piperidine rings is 1. The normalized spacial score (nSPS) is 15.6. The van der Waals surface area contributed by atoms with Crippen molar-refractivity contribution in [2.45, 2.75) is 25.4 Å². The van der Waals surface area contributed by atoms with Gasteiger partial charge in [0.25, 0.3) is 0 Å². The van der Waals surface area contributed by atoms with Crippen LogP contribution in [0, 0.1) is 0 Å². The summed E-state index contributed by atoms with van der Waals surface area (Å²) in [5, 5.41) is 7.38. The van der Waals surface area contributed by atoms with E-state index in [0.29, 0.717) is 43.9 Å². The van der Waals surface area contributed by atoms with Crippen molar-refractivity contribution >= 4 is 22.8 Å². The van der Waals surface area contributed by atoms with Crippen LogP contribution in [-0.2, 0) is 33.4 Å². The van der Waals surface area contributed by atoms with Gasteiger partial charge in [0.1, 0.15) is 5.75 Å². The summed E-state index contributed by atoms with van der Waals surface area (Å²) >= 11 is -0.922. The molecular weight excluding hydrogens is 437 g/mol. The van der Waals surface area contributed by atoms with Crippen molar-refractivity contribution in [3.8, 4) is 11.4 Å². The predicted molar refractivity (Wildman–Crippen MR) is 107 cm³/mol. The lowest BCUT2D eigenvalue weighted by Gasteiger charge is -2.27. The van der Waals surface area contributed by atoms with Gasteiger partial charge >= 0.3 is 12.1 Å². The summed E-state index contributed by atoms with van der Waals surface area (Å²) in [6.45, 7) is 1.36. The predicted octanol–water partition coefficient (Wildman–Crippen LogP) is 2.67. The highest BCUT2D eigenvalue weighted by Gasteiger charge is 2.38. The third kappa shape index (κ3) is 6.69. The molecule has 1 aromatic carbocycles. The first-order valence-corrected chi connectivity index (χ1v) is 11.2. The van der Waals surface area contributed by atoms with Gasteiger partial charge in [-0.2, -0.15) is 18.2 Å². The van der Waals surface area contributed by atoms with Gasteiger partial charge < -0.3 is 18.8 Å². The zero-order chi connectivity index (χ0) is 22.4. The summed E-state index contributed by atoms with van der Waals surface area (Å²) in [6.07, 6.45) is -1.70. The minimum Gasteiger partial charge on any atom is -0.616 e. The first kappa shape index (κ1) is 23.1. The van der Waals surface area contributed by atoms with Gasteiger partial charge in [-0.1, -0.05) is 45.8 Å². The molecule has 0 spiro atoms. The molecule has 0 bridgehead atoms. The Morgan fingerprint density at radius 3 is 2.55 bits per heavy atom. The van der Waals surface area contributed by atoms with Crippen LogP contribution in [0.15, 0.2) is 33.9 Å². The Balaban J connectivity index is 1.49.